The van der Waals surface area contributed by atoms with E-state index < -0.39 is 10.0 Å². The third kappa shape index (κ3) is 8.78. The largest absolute Gasteiger partial charge is 0.457 e. The molecule has 2 aliphatic rings. The highest BCUT2D eigenvalue weighted by atomic mass is 35.5. The molecular formula is C28H41ClN4O4S. The fraction of sp³-hybridized carbons (Fsp3) is 0.536. The average Bonchev–Trinajstić information content (AvgIpc) is 3.42. The molecule has 0 atom stereocenters. The lowest BCUT2D eigenvalue weighted by Crippen LogP contribution is -2.51. The first kappa shape index (κ1) is 30.1. The zero-order valence-corrected chi connectivity index (χ0v) is 24.1. The summed E-state index contributed by atoms with van der Waals surface area (Å²) < 4.78 is 31.1. The molecule has 2 saturated heterocycles. The van der Waals surface area contributed by atoms with Crippen LogP contribution in [0, 0.1) is 0 Å². The molecule has 1 N–H and O–H groups in total. The Balaban J connectivity index is 0.00000400. The smallest absolute Gasteiger partial charge is 0.320 e. The van der Waals surface area contributed by atoms with Crippen LogP contribution in [0.3, 0.4) is 0 Å². The van der Waals surface area contributed by atoms with Gasteiger partial charge in [0.15, 0.2) is 0 Å². The fourth-order valence-corrected chi connectivity index (χ4v) is 5.67. The molecule has 0 unspecified atom stereocenters. The Morgan fingerprint density at radius 2 is 1.55 bits per heavy atom. The van der Waals surface area contributed by atoms with Crippen LogP contribution in [0.4, 0.5) is 10.5 Å². The molecule has 2 heterocycles. The Morgan fingerprint density at radius 1 is 0.974 bits per heavy atom. The number of benzene rings is 2. The van der Waals surface area contributed by atoms with E-state index in [0.717, 1.165) is 89.8 Å². The number of ether oxygens (including phenoxy) is 1. The molecule has 2 aromatic rings. The Hall–Kier alpha value is -2.49. The van der Waals surface area contributed by atoms with Crippen LogP contribution in [0.5, 0.6) is 11.5 Å². The molecule has 0 saturated carbocycles. The van der Waals surface area contributed by atoms with E-state index in [0.29, 0.717) is 17.5 Å². The summed E-state index contributed by atoms with van der Waals surface area (Å²) in [4.78, 5) is 19.8. The third-order valence-electron chi connectivity index (χ3n) is 7.10. The van der Waals surface area contributed by atoms with Crippen molar-refractivity contribution >= 4 is 34.1 Å². The van der Waals surface area contributed by atoms with Gasteiger partial charge >= 0.3 is 6.03 Å². The van der Waals surface area contributed by atoms with Gasteiger partial charge in [-0.05, 0) is 74.1 Å². The number of anilines is 1. The van der Waals surface area contributed by atoms with Crippen molar-refractivity contribution in [3.8, 4) is 11.5 Å². The highest BCUT2D eigenvalue weighted by Crippen LogP contribution is 2.25. The minimum absolute atomic E-state index is 0. The summed E-state index contributed by atoms with van der Waals surface area (Å²) in [6.45, 7) is 7.74. The van der Waals surface area contributed by atoms with Crippen molar-refractivity contribution in [3.63, 3.8) is 0 Å². The van der Waals surface area contributed by atoms with Gasteiger partial charge in [0.05, 0.1) is 6.26 Å². The minimum atomic E-state index is -3.30. The Morgan fingerprint density at radius 3 is 2.11 bits per heavy atom. The number of nitrogens with one attached hydrogen (secondary N) is 1. The lowest BCUT2D eigenvalue weighted by Gasteiger charge is -2.40. The lowest BCUT2D eigenvalue weighted by atomic mass is 10.0. The number of carbonyl (C=O) groups excluding carboxylic acids is 1. The second-order valence-corrected chi connectivity index (χ2v) is 11.9. The van der Waals surface area contributed by atoms with Gasteiger partial charge in [-0.3, -0.25) is 9.62 Å². The molecule has 0 radical (unpaired) electrons. The second kappa shape index (κ2) is 14.1. The number of halogens is 1. The molecule has 2 amide bonds. The highest BCUT2D eigenvalue weighted by molar-refractivity contribution is 7.92. The molecule has 0 spiro atoms. The maximum atomic E-state index is 13.2. The van der Waals surface area contributed by atoms with Crippen molar-refractivity contribution in [1.82, 2.24) is 14.7 Å². The fourth-order valence-electron chi connectivity index (χ4n) is 5.10. The van der Waals surface area contributed by atoms with Crippen LogP contribution in [0.15, 0.2) is 48.5 Å². The van der Waals surface area contributed by atoms with Crippen LogP contribution in [-0.2, 0) is 16.6 Å². The maximum absolute atomic E-state index is 13.2. The number of urea groups is 1. The number of hydrogen-bond donors (Lipinski definition) is 1. The van der Waals surface area contributed by atoms with Crippen LogP contribution in [0.25, 0.3) is 0 Å². The van der Waals surface area contributed by atoms with Crippen LogP contribution >= 0.6 is 12.4 Å². The van der Waals surface area contributed by atoms with Crippen molar-refractivity contribution in [1.29, 1.82) is 0 Å². The number of piperidine rings is 1. The first-order valence-corrected chi connectivity index (χ1v) is 15.3. The van der Waals surface area contributed by atoms with E-state index in [2.05, 4.69) is 33.6 Å². The normalized spacial score (nSPS) is 16.6. The summed E-state index contributed by atoms with van der Waals surface area (Å²) in [6.07, 6.45) is 7.60. The van der Waals surface area contributed by atoms with Crippen molar-refractivity contribution < 1.29 is 17.9 Å². The Bertz CT molecular complexity index is 1110. The van der Waals surface area contributed by atoms with E-state index in [4.69, 9.17) is 4.74 Å². The van der Waals surface area contributed by atoms with Crippen LogP contribution < -0.4 is 9.46 Å². The number of carbonyl (C=O) groups is 1. The van der Waals surface area contributed by atoms with Gasteiger partial charge in [0, 0.05) is 51.0 Å². The average molecular weight is 565 g/mol. The highest BCUT2D eigenvalue weighted by Gasteiger charge is 2.31. The van der Waals surface area contributed by atoms with E-state index in [1.54, 1.807) is 24.3 Å². The molecule has 2 aromatic carbocycles. The van der Waals surface area contributed by atoms with Crippen LogP contribution in [0.2, 0.25) is 0 Å². The van der Waals surface area contributed by atoms with Gasteiger partial charge in [-0.25, -0.2) is 13.2 Å². The van der Waals surface area contributed by atoms with E-state index >= 15 is 0 Å². The number of hydrogen-bond acceptors (Lipinski definition) is 5. The summed E-state index contributed by atoms with van der Waals surface area (Å²) in [6, 6.07) is 15.5. The maximum Gasteiger partial charge on any atom is 0.320 e. The molecule has 10 heteroatoms. The number of nitrogens with zero attached hydrogens (tertiary/aromatic N) is 3. The standard InChI is InChI=1S/C28H40N4O4S.ClH/c1-3-4-19-32(28(33)31-17-5-6-18-31)25-15-20-30(21-16-25)22-23-7-11-26(12-8-23)36-27-13-9-24(10-14-27)29-37(2,34)35;/h7-14,25,29H,3-6,15-22H2,1-2H3;1H. The molecule has 4 rings (SSSR count). The molecule has 38 heavy (non-hydrogen) atoms. The van der Waals surface area contributed by atoms with Crippen LogP contribution in [-0.4, -0.2) is 74.2 Å². The van der Waals surface area contributed by atoms with E-state index in [9.17, 15) is 13.2 Å². The molecule has 210 valence electrons. The van der Waals surface area contributed by atoms with Gasteiger partial charge in [-0.15, -0.1) is 12.4 Å². The van der Waals surface area contributed by atoms with Gasteiger partial charge in [0.1, 0.15) is 11.5 Å². The molecule has 8 nitrogen and oxygen atoms in total. The van der Waals surface area contributed by atoms with Gasteiger partial charge in [0.2, 0.25) is 10.0 Å². The SMILES string of the molecule is CCCCN(C(=O)N1CCCC1)C1CCN(Cc2ccc(Oc3ccc(NS(C)(=O)=O)cc3)cc2)CC1.Cl. The van der Waals surface area contributed by atoms with Gasteiger partial charge in [-0.2, -0.15) is 0 Å². The molecule has 2 aliphatic heterocycles. The van der Waals surface area contributed by atoms with Gasteiger partial charge in [-0.1, -0.05) is 25.5 Å². The van der Waals surface area contributed by atoms with Crippen molar-refractivity contribution in [2.24, 2.45) is 0 Å². The number of sulfonamides is 1. The number of unbranched alkanes of at least 4 members (excludes halogenated alkanes) is 1. The summed E-state index contributed by atoms with van der Waals surface area (Å²) >= 11 is 0. The molecule has 0 bridgehead atoms. The quantitative estimate of drug-likeness (QED) is 0.409. The van der Waals surface area contributed by atoms with Crippen molar-refractivity contribution in [2.45, 2.75) is 58.0 Å². The predicted octanol–water partition coefficient (Wildman–Crippen LogP) is 5.55. The molecular weight excluding hydrogens is 524 g/mol. The Labute approximate surface area is 233 Å². The topological polar surface area (TPSA) is 82.2 Å². The van der Waals surface area contributed by atoms with Gasteiger partial charge < -0.3 is 14.5 Å². The summed E-state index contributed by atoms with van der Waals surface area (Å²) in [5, 5.41) is 0. The minimum Gasteiger partial charge on any atom is -0.457 e. The summed E-state index contributed by atoms with van der Waals surface area (Å²) in [5.74, 6) is 1.38. The summed E-state index contributed by atoms with van der Waals surface area (Å²) in [5.41, 5.74) is 1.73. The predicted molar refractivity (Wildman–Crippen MR) is 155 cm³/mol. The summed E-state index contributed by atoms with van der Waals surface area (Å²) in [7, 11) is -3.30. The lowest BCUT2D eigenvalue weighted by molar-refractivity contribution is 0.0989. The number of likely N-dealkylation sites (tertiary alicyclic amines) is 2. The number of rotatable bonds is 10. The number of amides is 2. The molecule has 0 aliphatic carbocycles. The van der Waals surface area contributed by atoms with Crippen LogP contribution in [0.1, 0.15) is 51.0 Å². The Kier molecular flexibility index (Phi) is 11.1. The zero-order chi connectivity index (χ0) is 26.3. The molecule has 2 fully saturated rings. The molecule has 0 aromatic heterocycles. The monoisotopic (exact) mass is 564 g/mol. The third-order valence-corrected chi connectivity index (χ3v) is 7.70. The second-order valence-electron chi connectivity index (χ2n) is 10.2. The first-order chi connectivity index (χ1) is 17.8. The van der Waals surface area contributed by atoms with E-state index in [1.165, 1.54) is 5.56 Å². The van der Waals surface area contributed by atoms with Crippen molar-refractivity contribution in [2.75, 3.05) is 43.7 Å². The van der Waals surface area contributed by atoms with Crippen molar-refractivity contribution in [3.05, 3.63) is 54.1 Å². The first-order valence-electron chi connectivity index (χ1n) is 13.4. The van der Waals surface area contributed by atoms with E-state index in [-0.39, 0.29) is 18.4 Å². The van der Waals surface area contributed by atoms with E-state index in [1.807, 2.05) is 17.0 Å². The van der Waals surface area contributed by atoms with Gasteiger partial charge in [0.25, 0.3) is 0 Å². The zero-order valence-electron chi connectivity index (χ0n) is 22.5.